The third kappa shape index (κ3) is 4.94. The van der Waals surface area contributed by atoms with Crippen molar-refractivity contribution < 1.29 is 9.53 Å². The standard InChI is InChI=1S/C13H19ClN2O2/c1-9(15-3)8-16-13(17)10(2)18-12-6-4-5-11(14)7-12/h4-7,9-10,15H,8H2,1-3H3,(H,16,17). The van der Waals surface area contributed by atoms with Gasteiger partial charge >= 0.3 is 0 Å². The maximum atomic E-state index is 11.8. The maximum Gasteiger partial charge on any atom is 0.260 e. The van der Waals surface area contributed by atoms with Gasteiger partial charge in [-0.1, -0.05) is 17.7 Å². The Morgan fingerprint density at radius 3 is 2.78 bits per heavy atom. The second kappa shape index (κ2) is 7.24. The molecule has 0 heterocycles. The van der Waals surface area contributed by atoms with Crippen LogP contribution in [-0.2, 0) is 4.79 Å². The Morgan fingerprint density at radius 2 is 2.17 bits per heavy atom. The number of likely N-dealkylation sites (N-methyl/N-ethyl adjacent to an activating group) is 1. The number of benzene rings is 1. The van der Waals surface area contributed by atoms with Crippen molar-refractivity contribution in [3.05, 3.63) is 29.3 Å². The first-order valence-electron chi connectivity index (χ1n) is 5.90. The first kappa shape index (κ1) is 14.8. The fraction of sp³-hybridized carbons (Fsp3) is 0.462. The van der Waals surface area contributed by atoms with Crippen molar-refractivity contribution in [2.24, 2.45) is 0 Å². The average Bonchev–Trinajstić information content (AvgIpc) is 2.35. The monoisotopic (exact) mass is 270 g/mol. The van der Waals surface area contributed by atoms with Gasteiger partial charge < -0.3 is 15.4 Å². The van der Waals surface area contributed by atoms with E-state index in [0.717, 1.165) is 0 Å². The summed E-state index contributed by atoms with van der Waals surface area (Å²) in [5.41, 5.74) is 0. The highest BCUT2D eigenvalue weighted by Crippen LogP contribution is 2.18. The van der Waals surface area contributed by atoms with Crippen molar-refractivity contribution >= 4 is 17.5 Å². The Kier molecular flexibility index (Phi) is 5.95. The van der Waals surface area contributed by atoms with Crippen LogP contribution in [0.5, 0.6) is 5.75 Å². The van der Waals surface area contributed by atoms with E-state index in [1.165, 1.54) is 0 Å². The largest absolute Gasteiger partial charge is 0.481 e. The fourth-order valence-corrected chi connectivity index (χ4v) is 1.48. The van der Waals surface area contributed by atoms with Crippen LogP contribution in [0, 0.1) is 0 Å². The zero-order valence-corrected chi connectivity index (χ0v) is 11.6. The van der Waals surface area contributed by atoms with Crippen molar-refractivity contribution in [1.82, 2.24) is 10.6 Å². The van der Waals surface area contributed by atoms with E-state index < -0.39 is 6.10 Å². The van der Waals surface area contributed by atoms with Crippen LogP contribution in [0.2, 0.25) is 5.02 Å². The molecule has 0 bridgehead atoms. The van der Waals surface area contributed by atoms with Crippen molar-refractivity contribution in [3.63, 3.8) is 0 Å². The number of ether oxygens (including phenoxy) is 1. The van der Waals surface area contributed by atoms with Crippen LogP contribution in [-0.4, -0.2) is 31.6 Å². The molecule has 1 aromatic rings. The van der Waals surface area contributed by atoms with E-state index in [0.29, 0.717) is 17.3 Å². The van der Waals surface area contributed by atoms with E-state index in [-0.39, 0.29) is 11.9 Å². The Balaban J connectivity index is 2.45. The molecule has 0 fully saturated rings. The molecular weight excluding hydrogens is 252 g/mol. The number of carbonyl (C=O) groups excluding carboxylic acids is 1. The first-order chi connectivity index (χ1) is 8.52. The second-order valence-electron chi connectivity index (χ2n) is 4.15. The molecule has 100 valence electrons. The van der Waals surface area contributed by atoms with Gasteiger partial charge in [0, 0.05) is 17.6 Å². The molecule has 2 atom stereocenters. The summed E-state index contributed by atoms with van der Waals surface area (Å²) >= 11 is 5.84. The highest BCUT2D eigenvalue weighted by molar-refractivity contribution is 6.30. The van der Waals surface area contributed by atoms with E-state index in [9.17, 15) is 4.79 Å². The average molecular weight is 271 g/mol. The zero-order chi connectivity index (χ0) is 13.5. The minimum absolute atomic E-state index is 0.142. The minimum atomic E-state index is -0.549. The third-order valence-electron chi connectivity index (χ3n) is 2.55. The number of halogens is 1. The summed E-state index contributed by atoms with van der Waals surface area (Å²) in [5, 5.41) is 6.44. The lowest BCUT2D eigenvalue weighted by Crippen LogP contribution is -2.42. The van der Waals surface area contributed by atoms with Gasteiger partial charge in [0.05, 0.1) is 0 Å². The number of hydrogen-bond donors (Lipinski definition) is 2. The zero-order valence-electron chi connectivity index (χ0n) is 10.9. The number of amides is 1. The Hall–Kier alpha value is -1.26. The second-order valence-corrected chi connectivity index (χ2v) is 4.59. The summed E-state index contributed by atoms with van der Waals surface area (Å²) < 4.78 is 5.51. The number of nitrogens with one attached hydrogen (secondary N) is 2. The van der Waals surface area contributed by atoms with Gasteiger partial charge in [0.15, 0.2) is 6.10 Å². The summed E-state index contributed by atoms with van der Waals surface area (Å²) in [4.78, 5) is 11.8. The van der Waals surface area contributed by atoms with Gasteiger partial charge in [-0.15, -0.1) is 0 Å². The predicted molar refractivity (Wildman–Crippen MR) is 73.1 cm³/mol. The normalized spacial score (nSPS) is 13.8. The molecule has 0 radical (unpaired) electrons. The molecule has 1 aromatic carbocycles. The Labute approximate surface area is 113 Å². The lowest BCUT2D eigenvalue weighted by molar-refractivity contribution is -0.127. The van der Waals surface area contributed by atoms with Gasteiger partial charge in [-0.05, 0) is 39.1 Å². The molecule has 0 aromatic heterocycles. The molecular formula is C13H19ClN2O2. The van der Waals surface area contributed by atoms with E-state index in [1.54, 1.807) is 31.2 Å². The predicted octanol–water partition coefficient (Wildman–Crippen LogP) is 1.83. The minimum Gasteiger partial charge on any atom is -0.481 e. The maximum absolute atomic E-state index is 11.8. The van der Waals surface area contributed by atoms with Crippen LogP contribution in [0.3, 0.4) is 0 Å². The van der Waals surface area contributed by atoms with Gasteiger partial charge in [0.2, 0.25) is 0 Å². The fourth-order valence-electron chi connectivity index (χ4n) is 1.30. The van der Waals surface area contributed by atoms with Crippen molar-refractivity contribution in [2.75, 3.05) is 13.6 Å². The van der Waals surface area contributed by atoms with Gasteiger partial charge in [-0.3, -0.25) is 4.79 Å². The summed E-state index contributed by atoms with van der Waals surface area (Å²) in [6.45, 7) is 4.27. The smallest absolute Gasteiger partial charge is 0.260 e. The number of hydrogen-bond acceptors (Lipinski definition) is 3. The molecule has 0 aliphatic rings. The van der Waals surface area contributed by atoms with Gasteiger partial charge in [-0.2, -0.15) is 0 Å². The molecule has 0 spiro atoms. The van der Waals surface area contributed by atoms with Crippen LogP contribution < -0.4 is 15.4 Å². The SMILES string of the molecule is CNC(C)CNC(=O)C(C)Oc1cccc(Cl)c1. The molecule has 0 aliphatic carbocycles. The summed E-state index contributed by atoms with van der Waals surface area (Å²) in [6.07, 6.45) is -0.549. The molecule has 4 nitrogen and oxygen atoms in total. The van der Waals surface area contributed by atoms with Crippen LogP contribution in [0.1, 0.15) is 13.8 Å². The van der Waals surface area contributed by atoms with Gasteiger partial charge in [-0.25, -0.2) is 0 Å². The number of carbonyl (C=O) groups is 1. The molecule has 5 heteroatoms. The number of rotatable bonds is 6. The van der Waals surface area contributed by atoms with E-state index >= 15 is 0 Å². The summed E-state index contributed by atoms with van der Waals surface area (Å²) in [7, 11) is 1.85. The Morgan fingerprint density at radius 1 is 1.44 bits per heavy atom. The molecule has 0 saturated heterocycles. The van der Waals surface area contributed by atoms with E-state index in [1.807, 2.05) is 14.0 Å². The highest BCUT2D eigenvalue weighted by Gasteiger charge is 2.14. The van der Waals surface area contributed by atoms with Crippen LogP contribution in [0.15, 0.2) is 24.3 Å². The molecule has 1 rings (SSSR count). The first-order valence-corrected chi connectivity index (χ1v) is 6.28. The third-order valence-corrected chi connectivity index (χ3v) is 2.79. The van der Waals surface area contributed by atoms with Crippen molar-refractivity contribution in [1.29, 1.82) is 0 Å². The lowest BCUT2D eigenvalue weighted by atomic mass is 10.3. The molecule has 0 saturated carbocycles. The van der Waals surface area contributed by atoms with E-state index in [4.69, 9.17) is 16.3 Å². The van der Waals surface area contributed by atoms with Crippen LogP contribution in [0.4, 0.5) is 0 Å². The van der Waals surface area contributed by atoms with Crippen molar-refractivity contribution in [3.8, 4) is 5.75 Å². The molecule has 2 N–H and O–H groups in total. The molecule has 18 heavy (non-hydrogen) atoms. The summed E-state index contributed by atoms with van der Waals surface area (Å²) in [5.74, 6) is 0.448. The molecule has 0 aliphatic heterocycles. The lowest BCUT2D eigenvalue weighted by Gasteiger charge is -2.16. The molecule has 1 amide bonds. The highest BCUT2D eigenvalue weighted by atomic mass is 35.5. The van der Waals surface area contributed by atoms with Crippen LogP contribution >= 0.6 is 11.6 Å². The van der Waals surface area contributed by atoms with Crippen LogP contribution in [0.25, 0.3) is 0 Å². The van der Waals surface area contributed by atoms with E-state index in [2.05, 4.69) is 10.6 Å². The topological polar surface area (TPSA) is 50.4 Å². The summed E-state index contributed by atoms with van der Waals surface area (Å²) in [6, 6.07) is 7.22. The van der Waals surface area contributed by atoms with Gasteiger partial charge in [0.1, 0.15) is 5.75 Å². The van der Waals surface area contributed by atoms with Crippen molar-refractivity contribution in [2.45, 2.75) is 26.0 Å². The Bertz CT molecular complexity index is 398. The molecule has 2 unspecified atom stereocenters. The van der Waals surface area contributed by atoms with Gasteiger partial charge in [0.25, 0.3) is 5.91 Å². The quantitative estimate of drug-likeness (QED) is 0.829.